The number of sulfone groups is 1. The molecule has 2 atom stereocenters. The van der Waals surface area contributed by atoms with Crippen LogP contribution in [0.25, 0.3) is 11.0 Å². The van der Waals surface area contributed by atoms with Gasteiger partial charge in [0.05, 0.1) is 68.2 Å². The molecule has 6 aromatic rings. The van der Waals surface area contributed by atoms with Crippen LogP contribution < -0.4 is 0 Å². The number of benzene rings is 2. The van der Waals surface area contributed by atoms with E-state index in [4.69, 9.17) is 27.9 Å². The van der Waals surface area contributed by atoms with Gasteiger partial charge in [0.1, 0.15) is 16.7 Å². The lowest BCUT2D eigenvalue weighted by molar-refractivity contribution is -0.147. The van der Waals surface area contributed by atoms with E-state index in [9.17, 15) is 47.2 Å². The predicted octanol–water partition coefficient (Wildman–Crippen LogP) is 6.89. The molecule has 0 spiro atoms. The zero-order valence-electron chi connectivity index (χ0n) is 33.6. The number of hydrogen-bond acceptors (Lipinski definition) is 9. The summed E-state index contributed by atoms with van der Waals surface area (Å²) in [6.45, 7) is 5.73. The van der Waals surface area contributed by atoms with Crippen molar-refractivity contribution >= 4 is 66.0 Å². The van der Waals surface area contributed by atoms with Gasteiger partial charge in [-0.05, 0) is 109 Å². The van der Waals surface area contributed by atoms with E-state index in [-0.39, 0.29) is 87.2 Å². The largest absolute Gasteiger partial charge is 0.481 e. The zero-order valence-corrected chi connectivity index (χ0v) is 36.7. The van der Waals surface area contributed by atoms with Gasteiger partial charge in [0.15, 0.2) is 9.84 Å². The van der Waals surface area contributed by atoms with Crippen LogP contribution in [0.1, 0.15) is 74.7 Å². The minimum Gasteiger partial charge on any atom is -0.481 e. The predicted molar refractivity (Wildman–Crippen MR) is 230 cm³/mol. The SMILES string of the molecule is CCS(=O)(=O)c1ccc(Cc2c(C)c(C(C(=O)O)C(C(=O)O)c3c(C)c(Cc4ccc(S(=O)(=O)N5CCOCC5)c(Cl)c4)c4cc(C#N)ccn34)n3ccc(C#N)cc23)cc1Cl. The van der Waals surface area contributed by atoms with E-state index in [0.717, 1.165) is 0 Å². The first kappa shape index (κ1) is 44.3. The normalized spacial score (nSPS) is 14.7. The third-order valence-corrected chi connectivity index (χ3v) is 16.1. The van der Waals surface area contributed by atoms with Crippen LogP contribution in [0.15, 0.2) is 82.8 Å². The lowest BCUT2D eigenvalue weighted by Crippen LogP contribution is -2.40. The van der Waals surface area contributed by atoms with Crippen LogP contribution >= 0.6 is 23.2 Å². The van der Waals surface area contributed by atoms with E-state index < -0.39 is 43.6 Å². The number of fused-ring (bicyclic) bond motifs is 2. The zero-order chi connectivity index (χ0) is 44.8. The van der Waals surface area contributed by atoms with Crippen LogP contribution in [0.3, 0.4) is 0 Å². The van der Waals surface area contributed by atoms with Crippen molar-refractivity contribution in [3.8, 4) is 12.1 Å². The Morgan fingerprint density at radius 2 is 1.16 bits per heavy atom. The molecule has 1 aliphatic heterocycles. The van der Waals surface area contributed by atoms with Crippen molar-refractivity contribution in [3.05, 3.63) is 139 Å². The number of carbonyl (C=O) groups is 2. The fourth-order valence-corrected chi connectivity index (χ4v) is 11.8. The maximum Gasteiger partial charge on any atom is 0.313 e. The van der Waals surface area contributed by atoms with Crippen LogP contribution in [-0.4, -0.2) is 84.1 Å². The second-order valence-electron chi connectivity index (χ2n) is 15.0. The molecule has 2 aromatic carbocycles. The number of nitriles is 2. The van der Waals surface area contributed by atoms with Gasteiger partial charge in [-0.25, -0.2) is 16.8 Å². The lowest BCUT2D eigenvalue weighted by atomic mass is 9.83. The summed E-state index contributed by atoms with van der Waals surface area (Å²) in [5, 5.41) is 42.0. The number of pyridine rings is 2. The van der Waals surface area contributed by atoms with Crippen LogP contribution in [0.4, 0.5) is 0 Å². The van der Waals surface area contributed by atoms with Gasteiger partial charge in [-0.1, -0.05) is 42.3 Å². The Bertz CT molecular complexity index is 3140. The third kappa shape index (κ3) is 7.94. The van der Waals surface area contributed by atoms with Crippen molar-refractivity contribution in [2.45, 2.75) is 55.2 Å². The maximum atomic E-state index is 13.7. The number of halogens is 2. The molecule has 7 rings (SSSR count). The molecule has 1 aliphatic rings. The average molecular weight is 917 g/mol. The number of hydrogen-bond donors (Lipinski definition) is 2. The van der Waals surface area contributed by atoms with Crippen molar-refractivity contribution in [1.82, 2.24) is 13.1 Å². The molecule has 0 amide bonds. The highest BCUT2D eigenvalue weighted by atomic mass is 35.5. The van der Waals surface area contributed by atoms with Gasteiger partial charge < -0.3 is 23.8 Å². The Labute approximate surface area is 367 Å². The Morgan fingerprint density at radius 3 is 1.55 bits per heavy atom. The Morgan fingerprint density at radius 1 is 0.726 bits per heavy atom. The molecule has 2 N–H and O–H groups in total. The van der Waals surface area contributed by atoms with Crippen LogP contribution in [-0.2, 0) is 47.0 Å². The number of nitrogens with zero attached hydrogens (tertiary/aromatic N) is 5. The quantitative estimate of drug-likeness (QED) is 0.122. The van der Waals surface area contributed by atoms with Crippen molar-refractivity contribution in [2.75, 3.05) is 32.1 Å². The second kappa shape index (κ2) is 17.2. The van der Waals surface area contributed by atoms with E-state index >= 15 is 0 Å². The fourth-order valence-electron chi connectivity index (χ4n) is 8.39. The molecule has 62 heavy (non-hydrogen) atoms. The monoisotopic (exact) mass is 915 g/mol. The molecular weight excluding hydrogens is 878 g/mol. The molecule has 14 nitrogen and oxygen atoms in total. The van der Waals surface area contributed by atoms with E-state index in [0.29, 0.717) is 44.4 Å². The highest BCUT2D eigenvalue weighted by Gasteiger charge is 2.43. The molecule has 1 fully saturated rings. The Balaban J connectivity index is 1.37. The fraction of sp³-hybridized carbons (Fsp3) is 0.273. The molecule has 1 saturated heterocycles. The summed E-state index contributed by atoms with van der Waals surface area (Å²) in [6, 6.07) is 19.5. The number of aromatic nitrogens is 2. The van der Waals surface area contributed by atoms with Crippen molar-refractivity contribution in [1.29, 1.82) is 10.5 Å². The van der Waals surface area contributed by atoms with Gasteiger partial charge in [0.2, 0.25) is 10.0 Å². The van der Waals surface area contributed by atoms with Crippen molar-refractivity contribution < 1.29 is 41.4 Å². The Kier molecular flexibility index (Phi) is 12.3. The molecule has 0 saturated carbocycles. The first-order chi connectivity index (χ1) is 29.4. The standard InChI is InChI=1S/C44H39Cl2N5O9S2/c1-4-61(56,57)37-7-5-27(19-33(37)45)17-31-25(2)41(50-11-9-29(23-47)21-35(31)50)39(43(52)53)40(44(54)55)42-26(3)32(36-22-30(24-48)10-12-51(36)42)18-28-6-8-38(34(46)20-28)62(58,59)49-13-15-60-16-14-49/h5-12,19-22,39-40H,4,13-18H2,1-3H3,(H,52,53)(H,54,55). The summed E-state index contributed by atoms with van der Waals surface area (Å²) in [7, 11) is -7.56. The van der Waals surface area contributed by atoms with E-state index in [1.807, 2.05) is 0 Å². The molecule has 18 heteroatoms. The number of aliphatic carboxylic acids is 2. The summed E-state index contributed by atoms with van der Waals surface area (Å²) in [5.41, 5.74) is 4.87. The van der Waals surface area contributed by atoms with Crippen molar-refractivity contribution in [3.63, 3.8) is 0 Å². The van der Waals surface area contributed by atoms with Crippen LogP contribution in [0.2, 0.25) is 10.0 Å². The topological polar surface area (TPSA) is 212 Å². The molecule has 0 bridgehead atoms. The Hall–Kier alpha value is -5.72. The summed E-state index contributed by atoms with van der Waals surface area (Å²) in [4.78, 5) is 27.3. The van der Waals surface area contributed by atoms with Gasteiger partial charge in [0.25, 0.3) is 0 Å². The summed E-state index contributed by atoms with van der Waals surface area (Å²) in [6.07, 6.45) is 3.29. The maximum absolute atomic E-state index is 13.7. The summed E-state index contributed by atoms with van der Waals surface area (Å²) < 4.78 is 62.0. The molecular formula is C44H39Cl2N5O9S2. The van der Waals surface area contributed by atoms with Crippen LogP contribution in [0, 0.1) is 36.5 Å². The minimum atomic E-state index is -3.93. The van der Waals surface area contributed by atoms with Gasteiger partial charge >= 0.3 is 11.9 Å². The highest BCUT2D eigenvalue weighted by molar-refractivity contribution is 7.91. The lowest BCUT2D eigenvalue weighted by Gasteiger charge is -2.26. The van der Waals surface area contributed by atoms with Gasteiger partial charge in [-0.3, -0.25) is 9.59 Å². The molecule has 0 radical (unpaired) electrons. The molecule has 5 heterocycles. The molecule has 320 valence electrons. The first-order valence-corrected chi connectivity index (χ1v) is 23.2. The van der Waals surface area contributed by atoms with E-state index in [1.165, 1.54) is 60.0 Å². The van der Waals surface area contributed by atoms with Gasteiger partial charge in [0, 0.05) is 36.9 Å². The number of carboxylic acid groups (broad SMARTS) is 2. The van der Waals surface area contributed by atoms with Crippen LogP contribution in [0.5, 0.6) is 0 Å². The highest BCUT2D eigenvalue weighted by Crippen LogP contribution is 2.43. The summed E-state index contributed by atoms with van der Waals surface area (Å²) >= 11 is 13.1. The number of carboxylic acids is 2. The number of morpholine rings is 1. The number of rotatable bonds is 13. The second-order valence-corrected chi connectivity index (χ2v) is 19.9. The van der Waals surface area contributed by atoms with E-state index in [1.54, 1.807) is 46.9 Å². The molecule has 4 aromatic heterocycles. The first-order valence-electron chi connectivity index (χ1n) is 19.3. The number of ether oxygens (including phenoxy) is 1. The van der Waals surface area contributed by atoms with Gasteiger partial charge in [-0.2, -0.15) is 14.8 Å². The van der Waals surface area contributed by atoms with E-state index in [2.05, 4.69) is 12.1 Å². The average Bonchev–Trinajstić information content (AvgIpc) is 3.66. The van der Waals surface area contributed by atoms with Gasteiger partial charge in [-0.15, -0.1) is 0 Å². The summed E-state index contributed by atoms with van der Waals surface area (Å²) in [5.74, 6) is -6.49. The minimum absolute atomic E-state index is 0.0139. The van der Waals surface area contributed by atoms with Crippen molar-refractivity contribution in [2.24, 2.45) is 0 Å². The number of sulfonamides is 1. The third-order valence-electron chi connectivity index (χ3n) is 11.5. The molecule has 2 unspecified atom stereocenters. The molecule has 0 aliphatic carbocycles. The smallest absolute Gasteiger partial charge is 0.313 e.